The number of hydrogen-bond donors (Lipinski definition) is 2. The Morgan fingerprint density at radius 3 is 2.39 bits per heavy atom. The summed E-state index contributed by atoms with van der Waals surface area (Å²) in [6, 6.07) is 0.382. The second kappa shape index (κ2) is 8.20. The first-order valence-corrected chi connectivity index (χ1v) is 15.6. The molecule has 5 heteroatoms. The SMILES string of the molecule is CN1C(=O)C=C[C@]2(C)[C@H]3CC[C@]4(C)[C@@H](CNC(=S)NC56CC7CC(CC(C7)C5)C6)CC[C@H]4[C@@H]3CC[C@@H]12. The van der Waals surface area contributed by atoms with Crippen LogP contribution < -0.4 is 10.6 Å². The maximum Gasteiger partial charge on any atom is 0.246 e. The van der Waals surface area contributed by atoms with E-state index in [0.717, 1.165) is 47.2 Å². The third kappa shape index (κ3) is 3.49. The number of rotatable bonds is 3. The summed E-state index contributed by atoms with van der Waals surface area (Å²) in [7, 11) is 2.03. The van der Waals surface area contributed by atoms with Crippen LogP contribution in [0.15, 0.2) is 12.2 Å². The van der Waals surface area contributed by atoms with Gasteiger partial charge in [-0.15, -0.1) is 0 Å². The Kier molecular flexibility index (Phi) is 5.46. The van der Waals surface area contributed by atoms with Crippen LogP contribution in [0.5, 0.6) is 0 Å². The van der Waals surface area contributed by atoms with Crippen molar-refractivity contribution < 1.29 is 4.79 Å². The highest BCUT2D eigenvalue weighted by Crippen LogP contribution is 2.65. The Morgan fingerprint density at radius 2 is 1.69 bits per heavy atom. The predicted octanol–water partition coefficient (Wildman–Crippen LogP) is 5.67. The van der Waals surface area contributed by atoms with Crippen molar-refractivity contribution in [1.82, 2.24) is 15.5 Å². The van der Waals surface area contributed by atoms with Crippen molar-refractivity contribution in [3.8, 4) is 0 Å². The molecule has 2 N–H and O–H groups in total. The smallest absolute Gasteiger partial charge is 0.246 e. The maximum absolute atomic E-state index is 12.4. The lowest BCUT2D eigenvalue weighted by atomic mass is 9.47. The third-order valence-corrected chi connectivity index (χ3v) is 13.5. The van der Waals surface area contributed by atoms with Gasteiger partial charge in [0.15, 0.2) is 5.11 Å². The first-order valence-electron chi connectivity index (χ1n) is 15.2. The predicted molar refractivity (Wildman–Crippen MR) is 148 cm³/mol. The maximum atomic E-state index is 12.4. The lowest BCUT2D eigenvalue weighted by Gasteiger charge is -2.60. The summed E-state index contributed by atoms with van der Waals surface area (Å²) in [6.45, 7) is 6.11. The highest BCUT2D eigenvalue weighted by Gasteiger charge is 2.60. The minimum absolute atomic E-state index is 0.145. The molecule has 8 aliphatic rings. The van der Waals surface area contributed by atoms with Gasteiger partial charge in [0, 0.05) is 30.6 Å². The minimum atomic E-state index is 0.145. The zero-order chi connectivity index (χ0) is 24.9. The number of carbonyl (C=O) groups excluding carboxylic acids is 1. The Balaban J connectivity index is 1.01. The molecule has 1 aliphatic heterocycles. The molecule has 7 atom stereocenters. The van der Waals surface area contributed by atoms with Gasteiger partial charge in [-0.1, -0.05) is 19.9 Å². The first-order chi connectivity index (χ1) is 17.2. The molecular weight excluding hydrogens is 462 g/mol. The number of nitrogens with one attached hydrogen (secondary N) is 2. The highest BCUT2D eigenvalue weighted by atomic mass is 32.1. The number of carbonyl (C=O) groups is 1. The zero-order valence-electron chi connectivity index (χ0n) is 22.7. The minimum Gasteiger partial charge on any atom is -0.362 e. The molecule has 7 aliphatic carbocycles. The van der Waals surface area contributed by atoms with Crippen molar-refractivity contribution in [2.45, 2.75) is 102 Å². The van der Waals surface area contributed by atoms with E-state index in [1.807, 2.05) is 18.0 Å². The molecule has 36 heavy (non-hydrogen) atoms. The van der Waals surface area contributed by atoms with Crippen LogP contribution in [0.2, 0.25) is 0 Å². The van der Waals surface area contributed by atoms with Gasteiger partial charge in [0.05, 0.1) is 0 Å². The number of fused-ring (bicyclic) bond motifs is 5. The van der Waals surface area contributed by atoms with Gasteiger partial charge in [0.25, 0.3) is 0 Å². The molecule has 7 saturated carbocycles. The molecule has 7 fully saturated rings. The molecular formula is C31H47N3OS. The molecule has 1 heterocycles. The first kappa shape index (κ1) is 24.0. The van der Waals surface area contributed by atoms with E-state index in [4.69, 9.17) is 12.2 Å². The summed E-state index contributed by atoms with van der Waals surface area (Å²) in [5.41, 5.74) is 0.871. The molecule has 0 aromatic carbocycles. The van der Waals surface area contributed by atoms with Gasteiger partial charge in [0.1, 0.15) is 0 Å². The molecule has 0 aromatic heterocycles. The normalized spacial score (nSPS) is 52.5. The highest BCUT2D eigenvalue weighted by molar-refractivity contribution is 7.80. The molecule has 0 aromatic rings. The van der Waals surface area contributed by atoms with Crippen molar-refractivity contribution in [3.05, 3.63) is 12.2 Å². The number of likely N-dealkylation sites (N-methyl/N-ethyl adjacent to an activating group) is 1. The van der Waals surface area contributed by atoms with Crippen LogP contribution in [0.1, 0.15) is 90.9 Å². The largest absolute Gasteiger partial charge is 0.362 e. The molecule has 8 rings (SSSR count). The van der Waals surface area contributed by atoms with E-state index in [0.29, 0.717) is 22.9 Å². The quantitative estimate of drug-likeness (QED) is 0.481. The van der Waals surface area contributed by atoms with E-state index in [2.05, 4.69) is 30.6 Å². The zero-order valence-corrected chi connectivity index (χ0v) is 23.5. The standard InChI is InChI=1S/C31H47N3OS/c1-29-10-8-25-23(5-7-26-30(25,2)11-9-27(35)34(26)3)24(29)6-4-22(29)18-32-28(36)33-31-15-19-12-20(16-31)14-21(13-19)17-31/h9,11,19-26H,4-8,10,12-18H2,1-3H3,(H2,32,33,36)/t19?,20?,21?,22-,23+,24+,25+,26-,29-,30-,31?/m1/s1. The van der Waals surface area contributed by atoms with Gasteiger partial charge in [-0.25, -0.2) is 0 Å². The fourth-order valence-electron chi connectivity index (χ4n) is 11.9. The summed E-state index contributed by atoms with van der Waals surface area (Å²) >= 11 is 5.94. The van der Waals surface area contributed by atoms with Gasteiger partial charge in [-0.2, -0.15) is 0 Å². The molecule has 4 nitrogen and oxygen atoms in total. The molecule has 0 radical (unpaired) electrons. The number of hydrogen-bond acceptors (Lipinski definition) is 2. The Labute approximate surface area is 223 Å². The van der Waals surface area contributed by atoms with E-state index in [9.17, 15) is 4.79 Å². The van der Waals surface area contributed by atoms with Crippen molar-refractivity contribution in [2.75, 3.05) is 13.6 Å². The lowest BCUT2D eigenvalue weighted by molar-refractivity contribution is -0.138. The van der Waals surface area contributed by atoms with Crippen LogP contribution in [0.4, 0.5) is 0 Å². The third-order valence-electron chi connectivity index (χ3n) is 13.2. The van der Waals surface area contributed by atoms with Gasteiger partial charge >= 0.3 is 0 Å². The van der Waals surface area contributed by atoms with E-state index >= 15 is 0 Å². The van der Waals surface area contributed by atoms with Crippen LogP contribution in [-0.4, -0.2) is 41.1 Å². The van der Waals surface area contributed by atoms with E-state index in [1.54, 1.807) is 0 Å². The second-order valence-electron chi connectivity index (χ2n) is 15.0. The fourth-order valence-corrected chi connectivity index (χ4v) is 12.2. The van der Waals surface area contributed by atoms with Gasteiger partial charge in [-0.05, 0) is 142 Å². The van der Waals surface area contributed by atoms with Gasteiger partial charge < -0.3 is 15.5 Å². The Hall–Kier alpha value is -1.10. The number of nitrogens with zero attached hydrogens (tertiary/aromatic N) is 1. The second-order valence-corrected chi connectivity index (χ2v) is 15.4. The summed E-state index contributed by atoms with van der Waals surface area (Å²) < 4.78 is 0. The number of thiocarbonyl (C=S) groups is 1. The van der Waals surface area contributed by atoms with Gasteiger partial charge in [0.2, 0.25) is 5.91 Å². The van der Waals surface area contributed by atoms with Crippen molar-refractivity contribution in [2.24, 2.45) is 52.3 Å². The van der Waals surface area contributed by atoms with E-state index in [-0.39, 0.29) is 11.3 Å². The summed E-state index contributed by atoms with van der Waals surface area (Å²) in [5, 5.41) is 8.60. The van der Waals surface area contributed by atoms with Crippen LogP contribution in [0.3, 0.4) is 0 Å². The fraction of sp³-hybridized carbons (Fsp3) is 0.871. The van der Waals surface area contributed by atoms with Crippen molar-refractivity contribution >= 4 is 23.2 Å². The summed E-state index contributed by atoms with van der Waals surface area (Å²) in [5.74, 6) is 6.10. The molecule has 0 unspecified atom stereocenters. The molecule has 0 saturated heterocycles. The monoisotopic (exact) mass is 509 g/mol. The van der Waals surface area contributed by atoms with Gasteiger partial charge in [-0.3, -0.25) is 4.79 Å². The lowest BCUT2D eigenvalue weighted by Crippen LogP contribution is -2.62. The molecule has 198 valence electrons. The van der Waals surface area contributed by atoms with Crippen molar-refractivity contribution in [1.29, 1.82) is 0 Å². The summed E-state index contributed by atoms with van der Waals surface area (Å²) in [6.07, 6.45) is 20.5. The average molecular weight is 510 g/mol. The molecule has 1 amide bonds. The Morgan fingerprint density at radius 1 is 1.00 bits per heavy atom. The van der Waals surface area contributed by atoms with Crippen LogP contribution >= 0.6 is 12.2 Å². The summed E-state index contributed by atoms with van der Waals surface area (Å²) in [4.78, 5) is 14.4. The molecule has 4 bridgehead atoms. The van der Waals surface area contributed by atoms with E-state index in [1.165, 1.54) is 77.0 Å². The topological polar surface area (TPSA) is 44.4 Å². The average Bonchev–Trinajstić information content (AvgIpc) is 3.15. The molecule has 0 spiro atoms. The van der Waals surface area contributed by atoms with Crippen LogP contribution in [-0.2, 0) is 4.79 Å². The van der Waals surface area contributed by atoms with Crippen LogP contribution in [0, 0.1) is 52.3 Å². The van der Waals surface area contributed by atoms with E-state index < -0.39 is 0 Å². The number of amides is 1. The van der Waals surface area contributed by atoms with Crippen LogP contribution in [0.25, 0.3) is 0 Å². The Bertz CT molecular complexity index is 942. The van der Waals surface area contributed by atoms with Crippen molar-refractivity contribution in [3.63, 3.8) is 0 Å².